The van der Waals surface area contributed by atoms with E-state index in [-0.39, 0.29) is 6.61 Å². The maximum absolute atomic E-state index is 12.8. The number of nitrogens with one attached hydrogen (secondary N) is 1. The summed E-state index contributed by atoms with van der Waals surface area (Å²) in [5.41, 5.74) is 2.01. The van der Waals surface area contributed by atoms with E-state index in [0.717, 1.165) is 50.8 Å². The van der Waals surface area contributed by atoms with Gasteiger partial charge in [0.2, 0.25) is 5.91 Å². The second-order valence-corrected chi connectivity index (χ2v) is 14.1. The van der Waals surface area contributed by atoms with Crippen molar-refractivity contribution in [1.29, 1.82) is 0 Å². The Morgan fingerprint density at radius 3 is 2.69 bits per heavy atom. The van der Waals surface area contributed by atoms with Gasteiger partial charge in [-0.3, -0.25) is 9.59 Å². The third-order valence-electron chi connectivity index (χ3n) is 6.03. The average molecular weight is 655 g/mol. The van der Waals surface area contributed by atoms with Gasteiger partial charge in [0.25, 0.3) is 5.91 Å². The summed E-state index contributed by atoms with van der Waals surface area (Å²) in [5.74, 6) is -4.06. The van der Waals surface area contributed by atoms with Gasteiger partial charge >= 0.3 is 5.97 Å². The van der Waals surface area contributed by atoms with Crippen molar-refractivity contribution < 1.29 is 27.5 Å². The highest BCUT2D eigenvalue weighted by Crippen LogP contribution is 2.38. The lowest BCUT2D eigenvalue weighted by molar-refractivity contribution is -0.115. The van der Waals surface area contributed by atoms with Crippen LogP contribution in [-0.4, -0.2) is 48.9 Å². The summed E-state index contributed by atoms with van der Waals surface area (Å²) in [4.78, 5) is 43.5. The number of allylic oxidation sites excluding steroid dienone is 1. The van der Waals surface area contributed by atoms with E-state index < -0.39 is 39.1 Å². The van der Waals surface area contributed by atoms with Crippen LogP contribution < -0.4 is 10.1 Å². The second-order valence-electron chi connectivity index (χ2n) is 8.97. The van der Waals surface area contributed by atoms with Crippen LogP contribution in [0.1, 0.15) is 47.0 Å². The number of thiazole rings is 1. The molecule has 0 saturated heterocycles. The van der Waals surface area contributed by atoms with Crippen molar-refractivity contribution in [3.63, 3.8) is 0 Å². The zero-order valence-electron chi connectivity index (χ0n) is 21.3. The first-order valence-corrected chi connectivity index (χ1v) is 16.7. The first-order valence-electron chi connectivity index (χ1n) is 12.4. The lowest BCUT2D eigenvalue weighted by atomic mass is 10.1. The standard InChI is InChI=1S/C26H28BrN3O6S3/c1-3-12-30-18-11-10-16(27)13-20(18)38-26(30)29-22(32)15-39(34,35)14-21(31)28-24-23(25(33)36-4-2)17-8-6-5-7-9-19(17)37-24/h3,10-11,13H,1,4-9,12,14-15H2,2H3,(H,28,31). The summed E-state index contributed by atoms with van der Waals surface area (Å²) in [5, 5.41) is 2.89. The molecule has 0 bridgehead atoms. The molecule has 0 aliphatic heterocycles. The number of carbonyl (C=O) groups excluding carboxylic acids is 3. The number of sulfone groups is 1. The molecule has 2 heterocycles. The number of carbonyl (C=O) groups is 3. The van der Waals surface area contributed by atoms with Crippen molar-refractivity contribution in [3.05, 3.63) is 56.1 Å². The maximum atomic E-state index is 12.8. The number of hydrogen-bond donors (Lipinski definition) is 1. The summed E-state index contributed by atoms with van der Waals surface area (Å²) < 4.78 is 34.2. The van der Waals surface area contributed by atoms with E-state index in [1.54, 1.807) is 17.6 Å². The van der Waals surface area contributed by atoms with E-state index in [2.05, 4.69) is 32.8 Å². The molecule has 1 N–H and O–H groups in total. The Morgan fingerprint density at radius 2 is 1.95 bits per heavy atom. The molecule has 39 heavy (non-hydrogen) atoms. The van der Waals surface area contributed by atoms with Crippen LogP contribution in [0.15, 0.2) is 40.3 Å². The lowest BCUT2D eigenvalue weighted by Crippen LogP contribution is -2.28. The number of nitrogens with zero attached hydrogens (tertiary/aromatic N) is 2. The Bertz CT molecular complexity index is 1620. The normalized spacial score (nSPS) is 14.1. The van der Waals surface area contributed by atoms with Gasteiger partial charge < -0.3 is 14.6 Å². The molecule has 13 heteroatoms. The van der Waals surface area contributed by atoms with Crippen LogP contribution in [0.25, 0.3) is 10.2 Å². The van der Waals surface area contributed by atoms with Gasteiger partial charge in [0.1, 0.15) is 16.5 Å². The van der Waals surface area contributed by atoms with E-state index in [4.69, 9.17) is 4.74 Å². The molecule has 4 rings (SSSR count). The number of hydrogen-bond acceptors (Lipinski definition) is 8. The Balaban J connectivity index is 1.51. The summed E-state index contributed by atoms with van der Waals surface area (Å²) in [6, 6.07) is 5.62. The number of aromatic nitrogens is 1. The van der Waals surface area contributed by atoms with Gasteiger partial charge in [0.15, 0.2) is 14.6 Å². The van der Waals surface area contributed by atoms with E-state index in [1.165, 1.54) is 22.7 Å². The smallest absolute Gasteiger partial charge is 0.341 e. The zero-order valence-corrected chi connectivity index (χ0v) is 25.4. The number of halogens is 1. The summed E-state index contributed by atoms with van der Waals surface area (Å²) in [7, 11) is -4.13. The van der Waals surface area contributed by atoms with Gasteiger partial charge in [0.05, 0.1) is 22.4 Å². The molecule has 1 aromatic carbocycles. The van der Waals surface area contributed by atoms with Crippen molar-refractivity contribution in [2.75, 3.05) is 23.4 Å². The minimum Gasteiger partial charge on any atom is -0.462 e. The van der Waals surface area contributed by atoms with Gasteiger partial charge in [-0.25, -0.2) is 13.2 Å². The first kappa shape index (κ1) is 29.4. The molecule has 0 atom stereocenters. The van der Waals surface area contributed by atoms with Crippen LogP contribution >= 0.6 is 38.6 Å². The Labute approximate surface area is 242 Å². The first-order chi connectivity index (χ1) is 18.6. The molecule has 1 aliphatic carbocycles. The van der Waals surface area contributed by atoms with Gasteiger partial charge in [-0.2, -0.15) is 4.99 Å². The van der Waals surface area contributed by atoms with Crippen LogP contribution in [0.2, 0.25) is 0 Å². The van der Waals surface area contributed by atoms with Crippen molar-refractivity contribution in [3.8, 4) is 0 Å². The predicted molar refractivity (Wildman–Crippen MR) is 157 cm³/mol. The van der Waals surface area contributed by atoms with Crippen LogP contribution in [0.4, 0.5) is 5.00 Å². The number of amides is 2. The molecule has 208 valence electrons. The van der Waals surface area contributed by atoms with Crippen molar-refractivity contribution in [1.82, 2.24) is 4.57 Å². The predicted octanol–water partition coefficient (Wildman–Crippen LogP) is 4.64. The summed E-state index contributed by atoms with van der Waals surface area (Å²) in [6.07, 6.45) is 6.10. The topological polar surface area (TPSA) is 124 Å². The molecule has 0 radical (unpaired) electrons. The SMILES string of the molecule is C=CCn1c(=NC(=O)CS(=O)(=O)CC(=O)Nc2sc3c(c2C(=O)OCC)CCCCC3)sc2cc(Br)ccc21. The lowest BCUT2D eigenvalue weighted by Gasteiger charge is -2.08. The number of anilines is 1. The summed E-state index contributed by atoms with van der Waals surface area (Å²) in [6.45, 7) is 6.01. The van der Waals surface area contributed by atoms with Crippen molar-refractivity contribution in [2.24, 2.45) is 4.99 Å². The van der Waals surface area contributed by atoms with Crippen molar-refractivity contribution in [2.45, 2.75) is 45.6 Å². The highest BCUT2D eigenvalue weighted by atomic mass is 79.9. The molecule has 0 spiro atoms. The maximum Gasteiger partial charge on any atom is 0.341 e. The van der Waals surface area contributed by atoms with E-state index in [9.17, 15) is 22.8 Å². The third-order valence-corrected chi connectivity index (χ3v) is 10.2. The number of benzene rings is 1. The molecule has 0 fully saturated rings. The Morgan fingerprint density at radius 1 is 1.18 bits per heavy atom. The van der Waals surface area contributed by atoms with Gasteiger partial charge in [-0.15, -0.1) is 17.9 Å². The fourth-order valence-corrected chi connectivity index (χ4v) is 8.35. The van der Waals surface area contributed by atoms with E-state index in [1.807, 2.05) is 18.2 Å². The monoisotopic (exact) mass is 653 g/mol. The minimum atomic E-state index is -4.13. The largest absolute Gasteiger partial charge is 0.462 e. The van der Waals surface area contributed by atoms with Crippen LogP contribution in [0.3, 0.4) is 0 Å². The van der Waals surface area contributed by atoms with Gasteiger partial charge in [-0.05, 0) is 56.4 Å². The van der Waals surface area contributed by atoms with E-state index >= 15 is 0 Å². The number of aryl methyl sites for hydroxylation is 1. The zero-order chi connectivity index (χ0) is 28.2. The highest BCUT2D eigenvalue weighted by molar-refractivity contribution is 9.10. The number of rotatable bonds is 9. The molecule has 0 saturated carbocycles. The van der Waals surface area contributed by atoms with Crippen LogP contribution in [0, 0.1) is 0 Å². The number of ether oxygens (including phenoxy) is 1. The molecule has 1 aliphatic rings. The highest BCUT2D eigenvalue weighted by Gasteiger charge is 2.28. The quantitative estimate of drug-likeness (QED) is 0.204. The van der Waals surface area contributed by atoms with E-state index in [0.29, 0.717) is 28.3 Å². The molecule has 0 unspecified atom stereocenters. The van der Waals surface area contributed by atoms with Gasteiger partial charge in [0, 0.05) is 15.9 Å². The Kier molecular flexibility index (Phi) is 9.57. The Hall–Kier alpha value is -2.61. The number of thiophene rings is 1. The van der Waals surface area contributed by atoms with Crippen LogP contribution in [0.5, 0.6) is 0 Å². The number of esters is 1. The minimum absolute atomic E-state index is 0.181. The molecule has 2 aromatic heterocycles. The van der Waals surface area contributed by atoms with Gasteiger partial charge in [-0.1, -0.05) is 39.8 Å². The van der Waals surface area contributed by atoms with Crippen LogP contribution in [-0.2, 0) is 43.5 Å². The molecule has 9 nitrogen and oxygen atoms in total. The molecular weight excluding hydrogens is 626 g/mol. The fraction of sp³-hybridized carbons (Fsp3) is 0.385. The molecule has 2 amide bonds. The molecular formula is C26H28BrN3O6S3. The average Bonchev–Trinajstić information content (AvgIpc) is 3.25. The number of fused-ring (bicyclic) bond motifs is 2. The molecule has 3 aromatic rings. The third kappa shape index (κ3) is 7.13. The summed E-state index contributed by atoms with van der Waals surface area (Å²) >= 11 is 5.95. The van der Waals surface area contributed by atoms with Crippen molar-refractivity contribution >= 4 is 81.4 Å². The second kappa shape index (κ2) is 12.7. The fourth-order valence-electron chi connectivity index (χ4n) is 4.43.